The summed E-state index contributed by atoms with van der Waals surface area (Å²) in [5, 5.41) is 3.35. The van der Waals surface area contributed by atoms with Crippen LogP contribution in [0.5, 0.6) is 0 Å². The van der Waals surface area contributed by atoms with Crippen LogP contribution in [0.2, 0.25) is 0 Å². The lowest BCUT2D eigenvalue weighted by molar-refractivity contribution is -0.142. The second-order valence-corrected chi connectivity index (χ2v) is 6.35. The predicted molar refractivity (Wildman–Crippen MR) is 95.3 cm³/mol. The number of hydrogen-bond acceptors (Lipinski definition) is 4. The van der Waals surface area contributed by atoms with Crippen LogP contribution >= 0.6 is 0 Å². The first-order valence-corrected chi connectivity index (χ1v) is 9.17. The van der Waals surface area contributed by atoms with Crippen LogP contribution < -0.4 is 5.32 Å². The number of carbonyl (C=O) groups is 1. The van der Waals surface area contributed by atoms with Gasteiger partial charge >= 0.3 is 0 Å². The second kappa shape index (κ2) is 8.84. The summed E-state index contributed by atoms with van der Waals surface area (Å²) in [4.78, 5) is 25.4. The van der Waals surface area contributed by atoms with Crippen LogP contribution in [0.1, 0.15) is 19.8 Å². The highest BCUT2D eigenvalue weighted by molar-refractivity contribution is 5.82. The van der Waals surface area contributed by atoms with Gasteiger partial charge in [-0.1, -0.05) is 0 Å². The molecule has 2 aliphatic heterocycles. The zero-order valence-electron chi connectivity index (χ0n) is 14.9. The quantitative estimate of drug-likeness (QED) is 0.607. The van der Waals surface area contributed by atoms with Gasteiger partial charge < -0.3 is 24.4 Å². The van der Waals surface area contributed by atoms with Crippen LogP contribution in [0.25, 0.3) is 0 Å². The van der Waals surface area contributed by atoms with Crippen LogP contribution in [0.3, 0.4) is 0 Å². The minimum Gasteiger partial charge on any atom is -0.368 e. The van der Waals surface area contributed by atoms with Gasteiger partial charge in [0.05, 0.1) is 12.9 Å². The summed E-state index contributed by atoms with van der Waals surface area (Å²) in [5.74, 6) is 1.08. The van der Waals surface area contributed by atoms with Crippen molar-refractivity contribution in [3.8, 4) is 0 Å². The Kier molecular flexibility index (Phi) is 6.27. The van der Waals surface area contributed by atoms with Gasteiger partial charge in [0.1, 0.15) is 6.10 Å². The number of piperazine rings is 1. The lowest BCUT2D eigenvalue weighted by atomic mass is 10.2. The summed E-state index contributed by atoms with van der Waals surface area (Å²) in [6, 6.07) is 0. The molecule has 0 radical (unpaired) electrons. The number of aromatic nitrogens is 2. The molecular formula is C17H28N6O2. The Labute approximate surface area is 148 Å². The highest BCUT2D eigenvalue weighted by Gasteiger charge is 2.30. The topological polar surface area (TPSA) is 75.0 Å². The van der Waals surface area contributed by atoms with E-state index in [0.717, 1.165) is 58.1 Å². The fraction of sp³-hybridized carbons (Fsp3) is 0.706. The molecule has 2 fully saturated rings. The van der Waals surface area contributed by atoms with Gasteiger partial charge in [0, 0.05) is 58.3 Å². The van der Waals surface area contributed by atoms with E-state index in [1.54, 1.807) is 12.5 Å². The molecule has 138 valence electrons. The Morgan fingerprint density at radius 1 is 1.32 bits per heavy atom. The summed E-state index contributed by atoms with van der Waals surface area (Å²) in [6.07, 6.45) is 7.15. The number of imidazole rings is 1. The maximum Gasteiger partial charge on any atom is 0.251 e. The molecule has 3 rings (SSSR count). The van der Waals surface area contributed by atoms with Gasteiger partial charge in [0.25, 0.3) is 5.91 Å². The van der Waals surface area contributed by atoms with Crippen molar-refractivity contribution >= 4 is 11.9 Å². The summed E-state index contributed by atoms with van der Waals surface area (Å²) < 4.78 is 7.54. The summed E-state index contributed by atoms with van der Waals surface area (Å²) in [7, 11) is 0. The Hall–Kier alpha value is -2.09. The van der Waals surface area contributed by atoms with Crippen LogP contribution in [0.4, 0.5) is 0 Å². The van der Waals surface area contributed by atoms with E-state index in [9.17, 15) is 4.79 Å². The van der Waals surface area contributed by atoms with E-state index in [1.165, 1.54) is 0 Å². The monoisotopic (exact) mass is 348 g/mol. The molecular weight excluding hydrogens is 320 g/mol. The van der Waals surface area contributed by atoms with Crippen molar-refractivity contribution in [3.63, 3.8) is 0 Å². The average molecular weight is 348 g/mol. The summed E-state index contributed by atoms with van der Waals surface area (Å²) >= 11 is 0. The zero-order chi connectivity index (χ0) is 17.5. The van der Waals surface area contributed by atoms with Crippen molar-refractivity contribution in [3.05, 3.63) is 18.7 Å². The minimum absolute atomic E-state index is 0.152. The molecule has 3 heterocycles. The second-order valence-electron chi connectivity index (χ2n) is 6.35. The van der Waals surface area contributed by atoms with Crippen molar-refractivity contribution in [1.82, 2.24) is 24.7 Å². The van der Waals surface area contributed by atoms with E-state index in [1.807, 2.05) is 15.7 Å². The van der Waals surface area contributed by atoms with E-state index < -0.39 is 0 Å². The standard InChI is InChI=1S/C17H28N6O2/c1-2-19-17(20-6-8-21-7-5-18-14-21)23-11-9-22(10-12-23)16(24)15-4-3-13-25-15/h5,7,14-15H,2-4,6,8-13H2,1H3,(H,19,20). The molecule has 0 saturated carbocycles. The summed E-state index contributed by atoms with van der Waals surface area (Å²) in [6.45, 7) is 8.19. The molecule has 8 heteroatoms. The highest BCUT2D eigenvalue weighted by atomic mass is 16.5. The van der Waals surface area contributed by atoms with Gasteiger partial charge in [0.15, 0.2) is 5.96 Å². The number of nitrogens with zero attached hydrogens (tertiary/aromatic N) is 5. The lowest BCUT2D eigenvalue weighted by Crippen LogP contribution is -2.55. The number of nitrogens with one attached hydrogen (secondary N) is 1. The van der Waals surface area contributed by atoms with Gasteiger partial charge in [-0.25, -0.2) is 4.98 Å². The lowest BCUT2D eigenvalue weighted by Gasteiger charge is -2.37. The number of rotatable bonds is 5. The van der Waals surface area contributed by atoms with Crippen molar-refractivity contribution in [2.45, 2.75) is 32.4 Å². The molecule has 8 nitrogen and oxygen atoms in total. The molecule has 0 bridgehead atoms. The molecule has 25 heavy (non-hydrogen) atoms. The SMILES string of the molecule is CCNC(=NCCn1ccnc1)N1CCN(C(=O)C2CCCO2)CC1. The van der Waals surface area contributed by atoms with Gasteiger partial charge in [-0.05, 0) is 19.8 Å². The highest BCUT2D eigenvalue weighted by Crippen LogP contribution is 2.16. The normalized spacial score (nSPS) is 21.6. The molecule has 2 aliphatic rings. The average Bonchev–Trinajstić information content (AvgIpc) is 3.34. The Morgan fingerprint density at radius 2 is 2.12 bits per heavy atom. The van der Waals surface area contributed by atoms with Crippen LogP contribution in [0.15, 0.2) is 23.7 Å². The predicted octanol–water partition coefficient (Wildman–Crippen LogP) is 0.172. The van der Waals surface area contributed by atoms with Crippen molar-refractivity contribution in [2.24, 2.45) is 4.99 Å². The van der Waals surface area contributed by atoms with Gasteiger partial charge in [-0.15, -0.1) is 0 Å². The van der Waals surface area contributed by atoms with Crippen molar-refractivity contribution in [1.29, 1.82) is 0 Å². The van der Waals surface area contributed by atoms with Gasteiger partial charge in [-0.3, -0.25) is 9.79 Å². The Balaban J connectivity index is 1.50. The van der Waals surface area contributed by atoms with Crippen LogP contribution in [0, 0.1) is 0 Å². The van der Waals surface area contributed by atoms with Crippen molar-refractivity contribution in [2.75, 3.05) is 45.9 Å². The van der Waals surface area contributed by atoms with Crippen LogP contribution in [-0.2, 0) is 16.1 Å². The molecule has 1 aromatic heterocycles. The molecule has 1 N–H and O–H groups in total. The van der Waals surface area contributed by atoms with E-state index in [4.69, 9.17) is 9.73 Å². The van der Waals surface area contributed by atoms with Crippen molar-refractivity contribution < 1.29 is 9.53 Å². The fourth-order valence-corrected chi connectivity index (χ4v) is 3.23. The first kappa shape index (κ1) is 17.7. The molecule has 0 aliphatic carbocycles. The molecule has 1 unspecified atom stereocenters. The third-order valence-corrected chi connectivity index (χ3v) is 4.61. The number of carbonyl (C=O) groups excluding carboxylic acids is 1. The van der Waals surface area contributed by atoms with Gasteiger partial charge in [-0.2, -0.15) is 0 Å². The largest absolute Gasteiger partial charge is 0.368 e. The zero-order valence-corrected chi connectivity index (χ0v) is 14.9. The molecule has 1 aromatic rings. The van der Waals surface area contributed by atoms with E-state index in [2.05, 4.69) is 22.1 Å². The maximum absolute atomic E-state index is 12.4. The number of guanidine groups is 1. The Bertz CT molecular complexity index is 560. The third kappa shape index (κ3) is 4.72. The molecule has 0 spiro atoms. The maximum atomic E-state index is 12.4. The molecule has 2 saturated heterocycles. The number of ether oxygens (including phenoxy) is 1. The van der Waals surface area contributed by atoms with Gasteiger partial charge in [0.2, 0.25) is 0 Å². The fourth-order valence-electron chi connectivity index (χ4n) is 3.23. The first-order chi connectivity index (χ1) is 12.3. The van der Waals surface area contributed by atoms with E-state index in [-0.39, 0.29) is 12.0 Å². The Morgan fingerprint density at radius 3 is 2.76 bits per heavy atom. The smallest absolute Gasteiger partial charge is 0.251 e. The number of hydrogen-bond donors (Lipinski definition) is 1. The summed E-state index contributed by atoms with van der Waals surface area (Å²) in [5.41, 5.74) is 0. The number of amides is 1. The minimum atomic E-state index is -0.219. The molecule has 1 amide bonds. The molecule has 1 atom stereocenters. The van der Waals surface area contributed by atoms with E-state index in [0.29, 0.717) is 13.2 Å². The first-order valence-electron chi connectivity index (χ1n) is 9.17. The number of aliphatic imine (C=N–C) groups is 1. The third-order valence-electron chi connectivity index (χ3n) is 4.61. The van der Waals surface area contributed by atoms with E-state index >= 15 is 0 Å². The van der Waals surface area contributed by atoms with Crippen LogP contribution in [-0.4, -0.2) is 83.2 Å². The molecule has 0 aromatic carbocycles.